The summed E-state index contributed by atoms with van der Waals surface area (Å²) >= 11 is 0. The van der Waals surface area contributed by atoms with E-state index in [-0.39, 0.29) is 30.3 Å². The Morgan fingerprint density at radius 2 is 1.52 bits per heavy atom. The van der Waals surface area contributed by atoms with Crippen molar-refractivity contribution in [3.8, 4) is 5.75 Å². The summed E-state index contributed by atoms with van der Waals surface area (Å²) in [5, 5.41) is 2.95. The van der Waals surface area contributed by atoms with Gasteiger partial charge >= 0.3 is 0 Å². The van der Waals surface area contributed by atoms with Crippen LogP contribution in [0.3, 0.4) is 0 Å². The molecule has 226 valence electrons. The number of carbonyl (C=O) groups excluding carboxylic acids is 2. The topological polar surface area (TPSA) is 96.0 Å². The van der Waals surface area contributed by atoms with Crippen LogP contribution in [0.5, 0.6) is 5.75 Å². The molecule has 3 rings (SSSR count). The fourth-order valence-electron chi connectivity index (χ4n) is 4.64. The van der Waals surface area contributed by atoms with E-state index in [1.54, 1.807) is 31.4 Å². The van der Waals surface area contributed by atoms with Crippen molar-refractivity contribution in [2.24, 2.45) is 0 Å². The van der Waals surface area contributed by atoms with Crippen LogP contribution in [0.15, 0.2) is 78.9 Å². The fraction of sp³-hybridized carbons (Fsp3) is 0.394. The lowest BCUT2D eigenvalue weighted by molar-refractivity contribution is -0.140. The van der Waals surface area contributed by atoms with Gasteiger partial charge in [-0.15, -0.1) is 0 Å². The van der Waals surface area contributed by atoms with E-state index in [9.17, 15) is 18.0 Å². The van der Waals surface area contributed by atoms with Crippen molar-refractivity contribution in [3.05, 3.63) is 95.6 Å². The molecule has 1 N–H and O–H groups in total. The fourth-order valence-corrected chi connectivity index (χ4v) is 5.49. The van der Waals surface area contributed by atoms with Crippen molar-refractivity contribution in [1.29, 1.82) is 0 Å². The van der Waals surface area contributed by atoms with Gasteiger partial charge in [-0.1, -0.05) is 75.4 Å². The number of amides is 2. The van der Waals surface area contributed by atoms with Gasteiger partial charge in [-0.25, -0.2) is 8.42 Å². The molecule has 3 aromatic carbocycles. The van der Waals surface area contributed by atoms with E-state index < -0.39 is 28.5 Å². The second-order valence-corrected chi connectivity index (χ2v) is 13.7. The first kappa shape index (κ1) is 32.7. The average molecular weight is 594 g/mol. The third kappa shape index (κ3) is 9.08. The van der Waals surface area contributed by atoms with Gasteiger partial charge in [0.15, 0.2) is 0 Å². The van der Waals surface area contributed by atoms with E-state index in [4.69, 9.17) is 4.74 Å². The molecule has 0 aliphatic rings. The minimum absolute atomic E-state index is 0.0829. The largest absolute Gasteiger partial charge is 0.497 e. The highest BCUT2D eigenvalue weighted by Crippen LogP contribution is 2.27. The van der Waals surface area contributed by atoms with Gasteiger partial charge in [0, 0.05) is 19.0 Å². The smallest absolute Gasteiger partial charge is 0.244 e. The maximum atomic E-state index is 14.2. The predicted molar refractivity (Wildman–Crippen MR) is 168 cm³/mol. The van der Waals surface area contributed by atoms with Crippen LogP contribution in [0.25, 0.3) is 0 Å². The molecule has 0 spiro atoms. The molecule has 0 saturated carbocycles. The van der Waals surface area contributed by atoms with Gasteiger partial charge < -0.3 is 15.0 Å². The number of nitrogens with one attached hydrogen (secondary N) is 1. The number of sulfonamides is 1. The molecule has 0 fully saturated rings. The molecular weight excluding hydrogens is 550 g/mol. The molecule has 0 aliphatic carbocycles. The maximum Gasteiger partial charge on any atom is 0.244 e. The quantitative estimate of drug-likeness (QED) is 0.322. The lowest BCUT2D eigenvalue weighted by Crippen LogP contribution is -2.54. The van der Waals surface area contributed by atoms with Gasteiger partial charge in [-0.05, 0) is 60.2 Å². The zero-order valence-electron chi connectivity index (χ0n) is 25.6. The molecule has 2 amide bonds. The summed E-state index contributed by atoms with van der Waals surface area (Å²) in [5.74, 6) is -0.198. The first-order valence-electron chi connectivity index (χ1n) is 14.0. The highest BCUT2D eigenvalue weighted by atomic mass is 32.2. The number of rotatable bonds is 12. The highest BCUT2D eigenvalue weighted by molar-refractivity contribution is 7.92. The lowest BCUT2D eigenvalue weighted by atomic mass is 9.87. The van der Waals surface area contributed by atoms with Gasteiger partial charge in [-0.3, -0.25) is 13.9 Å². The molecule has 0 saturated heterocycles. The van der Waals surface area contributed by atoms with Gasteiger partial charge in [-0.2, -0.15) is 0 Å². The first-order chi connectivity index (χ1) is 19.7. The Labute approximate surface area is 250 Å². The number of nitrogens with zero attached hydrogens (tertiary/aromatic N) is 2. The average Bonchev–Trinajstić information content (AvgIpc) is 2.92. The SMILES string of the molecule is COc1cccc(CN(C(=O)CN(c2ccc(C(C)(C)C)cc2)S(C)(=O)=O)C(Cc2ccccc2)C(=O)NC(C)C)c1. The van der Waals surface area contributed by atoms with E-state index in [1.165, 1.54) is 4.90 Å². The van der Waals surface area contributed by atoms with E-state index in [2.05, 4.69) is 26.1 Å². The Hall–Kier alpha value is -3.85. The minimum Gasteiger partial charge on any atom is -0.497 e. The summed E-state index contributed by atoms with van der Waals surface area (Å²) in [7, 11) is -2.28. The molecule has 0 radical (unpaired) electrons. The molecular formula is C33H43N3O5S. The van der Waals surface area contributed by atoms with Crippen LogP contribution >= 0.6 is 0 Å². The summed E-state index contributed by atoms with van der Waals surface area (Å²) in [6.07, 6.45) is 1.34. The molecule has 0 aliphatic heterocycles. The minimum atomic E-state index is -3.84. The van der Waals surface area contributed by atoms with Crippen LogP contribution < -0.4 is 14.4 Å². The van der Waals surface area contributed by atoms with Crippen molar-refractivity contribution >= 4 is 27.5 Å². The van der Waals surface area contributed by atoms with E-state index in [0.29, 0.717) is 11.4 Å². The Morgan fingerprint density at radius 1 is 0.905 bits per heavy atom. The van der Waals surface area contributed by atoms with Gasteiger partial charge in [0.25, 0.3) is 0 Å². The third-order valence-electron chi connectivity index (χ3n) is 6.89. The molecule has 0 heterocycles. The maximum absolute atomic E-state index is 14.2. The van der Waals surface area contributed by atoms with Crippen LogP contribution in [-0.4, -0.2) is 57.1 Å². The first-order valence-corrected chi connectivity index (χ1v) is 15.9. The second-order valence-electron chi connectivity index (χ2n) is 11.8. The monoisotopic (exact) mass is 593 g/mol. The van der Waals surface area contributed by atoms with Gasteiger partial charge in [0.2, 0.25) is 21.8 Å². The number of ether oxygens (including phenoxy) is 1. The van der Waals surface area contributed by atoms with Gasteiger partial charge in [0.1, 0.15) is 18.3 Å². The number of hydrogen-bond acceptors (Lipinski definition) is 5. The van der Waals surface area contributed by atoms with Crippen molar-refractivity contribution in [2.45, 2.75) is 65.1 Å². The molecule has 3 aromatic rings. The molecule has 42 heavy (non-hydrogen) atoms. The van der Waals surface area contributed by atoms with E-state index in [1.807, 2.05) is 68.4 Å². The number of methoxy groups -OCH3 is 1. The highest BCUT2D eigenvalue weighted by Gasteiger charge is 2.33. The molecule has 1 atom stereocenters. The van der Waals surface area contributed by atoms with Crippen molar-refractivity contribution in [2.75, 3.05) is 24.2 Å². The molecule has 8 nitrogen and oxygen atoms in total. The summed E-state index contributed by atoms with van der Waals surface area (Å²) in [6, 6.07) is 22.9. The van der Waals surface area contributed by atoms with Crippen LogP contribution in [-0.2, 0) is 38.0 Å². The number of carbonyl (C=O) groups is 2. The normalized spacial score (nSPS) is 12.5. The molecule has 0 bridgehead atoms. The summed E-state index contributed by atoms with van der Waals surface area (Å²) in [5.41, 5.74) is 2.93. The Morgan fingerprint density at radius 3 is 2.07 bits per heavy atom. The predicted octanol–water partition coefficient (Wildman–Crippen LogP) is 4.92. The van der Waals surface area contributed by atoms with Crippen LogP contribution in [0, 0.1) is 0 Å². The molecule has 1 unspecified atom stereocenters. The Kier molecular flexibility index (Phi) is 10.8. The number of benzene rings is 3. The molecule has 0 aromatic heterocycles. The standard InChI is InChI=1S/C33H43N3O5S/c1-24(2)34-32(38)30(21-25-12-9-8-10-13-25)35(22-26-14-11-15-29(20-26)41-6)31(37)23-36(42(7,39)40)28-18-16-27(17-19-28)33(3,4)5/h8-20,24,30H,21-23H2,1-7H3,(H,34,38). The summed E-state index contributed by atoms with van der Waals surface area (Å²) < 4.78 is 32.5. The number of hydrogen-bond donors (Lipinski definition) is 1. The summed E-state index contributed by atoms with van der Waals surface area (Å²) in [6.45, 7) is 9.57. The zero-order chi connectivity index (χ0) is 31.1. The molecule has 9 heteroatoms. The van der Waals surface area contributed by atoms with Crippen molar-refractivity contribution in [3.63, 3.8) is 0 Å². The lowest BCUT2D eigenvalue weighted by Gasteiger charge is -2.34. The Bertz CT molecular complexity index is 1450. The Balaban J connectivity index is 2.06. The van der Waals surface area contributed by atoms with Crippen molar-refractivity contribution < 1.29 is 22.7 Å². The number of anilines is 1. The van der Waals surface area contributed by atoms with Crippen LogP contribution in [0.2, 0.25) is 0 Å². The van der Waals surface area contributed by atoms with E-state index >= 15 is 0 Å². The third-order valence-corrected chi connectivity index (χ3v) is 8.03. The summed E-state index contributed by atoms with van der Waals surface area (Å²) in [4.78, 5) is 29.3. The van der Waals surface area contributed by atoms with Gasteiger partial charge in [0.05, 0.1) is 19.1 Å². The van der Waals surface area contributed by atoms with Crippen LogP contribution in [0.1, 0.15) is 51.3 Å². The van der Waals surface area contributed by atoms with Crippen molar-refractivity contribution in [1.82, 2.24) is 10.2 Å². The van der Waals surface area contributed by atoms with Crippen LogP contribution in [0.4, 0.5) is 5.69 Å². The zero-order valence-corrected chi connectivity index (χ0v) is 26.4. The second kappa shape index (κ2) is 13.9. The van der Waals surface area contributed by atoms with E-state index in [0.717, 1.165) is 27.3 Å².